The average Bonchev–Trinajstić information content (AvgIpc) is 3.18. The van der Waals surface area contributed by atoms with Crippen LogP contribution in [0.1, 0.15) is 206 Å². The maximum absolute atomic E-state index is 12.9. The second-order valence-electron chi connectivity index (χ2n) is 16.2. The fraction of sp³-hybridized carbons (Fsp3) is 0.891. The van der Waals surface area contributed by atoms with Gasteiger partial charge in [-0.15, -0.1) is 0 Å². The van der Waals surface area contributed by atoms with E-state index in [1.54, 1.807) is 6.08 Å². The molecule has 6 N–H and O–H groups in total. The van der Waals surface area contributed by atoms with Crippen LogP contribution in [-0.2, 0) is 14.3 Å². The van der Waals surface area contributed by atoms with Crippen LogP contribution in [0.25, 0.3) is 0 Å². The molecule has 7 unspecified atom stereocenters. The minimum Gasteiger partial charge on any atom is -0.394 e. The van der Waals surface area contributed by atoms with Gasteiger partial charge < -0.3 is 40.3 Å². The van der Waals surface area contributed by atoms with Gasteiger partial charge in [0.1, 0.15) is 24.4 Å². The predicted molar refractivity (Wildman–Crippen MR) is 226 cm³/mol. The lowest BCUT2D eigenvalue weighted by molar-refractivity contribution is -0.302. The SMILES string of the molecule is CCCCCCCCCCCCCCCCCCC/C=C/CC/C=C/C(O)C(COC1OC(CO)C(O)C(O)C1O)NC(=O)CCCCCCCCCCC. The van der Waals surface area contributed by atoms with Gasteiger partial charge >= 0.3 is 0 Å². The number of carbonyl (C=O) groups is 1. The number of allylic oxidation sites excluding steroid dienone is 3. The van der Waals surface area contributed by atoms with Crippen molar-refractivity contribution >= 4 is 5.91 Å². The number of hydrogen-bond acceptors (Lipinski definition) is 8. The summed E-state index contributed by atoms with van der Waals surface area (Å²) in [5.74, 6) is -0.190. The number of ether oxygens (including phenoxy) is 2. The van der Waals surface area contributed by atoms with Crippen LogP contribution >= 0.6 is 0 Å². The molecule has 0 aromatic heterocycles. The maximum atomic E-state index is 12.9. The number of aliphatic hydroxyl groups excluding tert-OH is 5. The molecule has 0 aliphatic carbocycles. The van der Waals surface area contributed by atoms with Gasteiger partial charge in [0.05, 0.1) is 25.4 Å². The molecule has 0 saturated carbocycles. The molecule has 0 bridgehead atoms. The fourth-order valence-corrected chi connectivity index (χ4v) is 7.29. The summed E-state index contributed by atoms with van der Waals surface area (Å²) in [6.07, 6.45) is 36.7. The van der Waals surface area contributed by atoms with Crippen LogP contribution in [0.5, 0.6) is 0 Å². The van der Waals surface area contributed by atoms with Crippen molar-refractivity contribution in [3.05, 3.63) is 24.3 Å². The maximum Gasteiger partial charge on any atom is 0.220 e. The minimum atomic E-state index is -1.57. The lowest BCUT2D eigenvalue weighted by atomic mass is 9.99. The third kappa shape index (κ3) is 27.9. The molecule has 0 aromatic carbocycles. The number of nitrogens with one attached hydrogen (secondary N) is 1. The molecule has 0 radical (unpaired) electrons. The van der Waals surface area contributed by atoms with Crippen molar-refractivity contribution in [2.24, 2.45) is 0 Å². The molecule has 1 fully saturated rings. The molecule has 1 amide bonds. The second-order valence-corrected chi connectivity index (χ2v) is 16.2. The van der Waals surface area contributed by atoms with Crippen molar-refractivity contribution in [1.82, 2.24) is 5.32 Å². The molecule has 324 valence electrons. The van der Waals surface area contributed by atoms with Crippen LogP contribution in [0.15, 0.2) is 24.3 Å². The number of aliphatic hydroxyl groups is 5. The molecule has 0 aromatic rings. The first-order chi connectivity index (χ1) is 26.8. The minimum absolute atomic E-state index is 0.190. The van der Waals surface area contributed by atoms with E-state index in [0.29, 0.717) is 6.42 Å². The van der Waals surface area contributed by atoms with Crippen LogP contribution in [0.3, 0.4) is 0 Å². The van der Waals surface area contributed by atoms with Crippen molar-refractivity contribution < 1.29 is 39.8 Å². The molecule has 9 heteroatoms. The zero-order valence-electron chi connectivity index (χ0n) is 35.4. The molecule has 1 heterocycles. The highest BCUT2D eigenvalue weighted by atomic mass is 16.7. The molecule has 9 nitrogen and oxygen atoms in total. The third-order valence-corrected chi connectivity index (χ3v) is 11.0. The van der Waals surface area contributed by atoms with Crippen LogP contribution in [-0.4, -0.2) is 87.5 Å². The van der Waals surface area contributed by atoms with E-state index in [9.17, 15) is 30.3 Å². The van der Waals surface area contributed by atoms with Gasteiger partial charge in [-0.3, -0.25) is 4.79 Å². The van der Waals surface area contributed by atoms with E-state index in [1.165, 1.54) is 148 Å². The molecular weight excluding hydrogens is 695 g/mol. The third-order valence-electron chi connectivity index (χ3n) is 11.0. The summed E-state index contributed by atoms with van der Waals surface area (Å²) in [6.45, 7) is 3.73. The Balaban J connectivity index is 2.30. The van der Waals surface area contributed by atoms with E-state index >= 15 is 0 Å². The number of amides is 1. The van der Waals surface area contributed by atoms with E-state index in [2.05, 4.69) is 31.3 Å². The Kier molecular flexibility index (Phi) is 34.7. The summed E-state index contributed by atoms with van der Waals surface area (Å²) in [4.78, 5) is 12.9. The predicted octanol–water partition coefficient (Wildman–Crippen LogP) is 9.50. The van der Waals surface area contributed by atoms with Crippen molar-refractivity contribution in [1.29, 1.82) is 0 Å². The van der Waals surface area contributed by atoms with Crippen LogP contribution in [0, 0.1) is 0 Å². The smallest absolute Gasteiger partial charge is 0.220 e. The molecule has 1 saturated heterocycles. The van der Waals surface area contributed by atoms with Gasteiger partial charge in [0.2, 0.25) is 5.91 Å². The first-order valence-electron chi connectivity index (χ1n) is 23.1. The van der Waals surface area contributed by atoms with E-state index < -0.39 is 49.5 Å². The summed E-state index contributed by atoms with van der Waals surface area (Å²) < 4.78 is 11.2. The number of unbranched alkanes of at least 4 members (excludes halogenated alkanes) is 26. The quantitative estimate of drug-likeness (QED) is 0.0268. The Morgan fingerprint density at radius 3 is 1.53 bits per heavy atom. The Bertz CT molecular complexity index is 914. The monoisotopic (exact) mass is 782 g/mol. The molecule has 0 spiro atoms. The highest BCUT2D eigenvalue weighted by molar-refractivity contribution is 5.76. The molecule has 1 aliphatic heterocycles. The van der Waals surface area contributed by atoms with Crippen molar-refractivity contribution in [2.45, 2.75) is 249 Å². The first kappa shape index (κ1) is 51.7. The average molecular weight is 782 g/mol. The van der Waals surface area contributed by atoms with E-state index in [-0.39, 0.29) is 12.5 Å². The van der Waals surface area contributed by atoms with Crippen LogP contribution in [0.4, 0.5) is 0 Å². The zero-order valence-corrected chi connectivity index (χ0v) is 35.4. The summed E-state index contributed by atoms with van der Waals surface area (Å²) in [5, 5.41) is 54.0. The van der Waals surface area contributed by atoms with Gasteiger partial charge in [0.25, 0.3) is 0 Å². The molecule has 1 aliphatic rings. The number of rotatable bonds is 38. The molecular formula is C46H87NO8. The van der Waals surface area contributed by atoms with Crippen LogP contribution in [0.2, 0.25) is 0 Å². The van der Waals surface area contributed by atoms with Crippen LogP contribution < -0.4 is 5.32 Å². The lowest BCUT2D eigenvalue weighted by Gasteiger charge is -2.40. The molecule has 55 heavy (non-hydrogen) atoms. The number of carbonyl (C=O) groups excluding carboxylic acids is 1. The van der Waals surface area contributed by atoms with E-state index in [0.717, 1.165) is 38.5 Å². The largest absolute Gasteiger partial charge is 0.394 e. The van der Waals surface area contributed by atoms with Crippen molar-refractivity contribution in [3.8, 4) is 0 Å². The summed E-state index contributed by atoms with van der Waals surface area (Å²) >= 11 is 0. The number of hydrogen-bond donors (Lipinski definition) is 6. The van der Waals surface area contributed by atoms with Crippen molar-refractivity contribution in [3.63, 3.8) is 0 Å². The van der Waals surface area contributed by atoms with Gasteiger partial charge in [-0.25, -0.2) is 0 Å². The highest BCUT2D eigenvalue weighted by Gasteiger charge is 2.44. The van der Waals surface area contributed by atoms with Gasteiger partial charge in [-0.05, 0) is 32.1 Å². The normalized spacial score (nSPS) is 21.5. The summed E-state index contributed by atoms with van der Waals surface area (Å²) in [6, 6.07) is -0.815. The van der Waals surface area contributed by atoms with Gasteiger partial charge in [0.15, 0.2) is 6.29 Å². The Morgan fingerprint density at radius 2 is 1.04 bits per heavy atom. The molecule has 1 rings (SSSR count). The van der Waals surface area contributed by atoms with E-state index in [4.69, 9.17) is 9.47 Å². The fourth-order valence-electron chi connectivity index (χ4n) is 7.29. The van der Waals surface area contributed by atoms with Crippen molar-refractivity contribution in [2.75, 3.05) is 13.2 Å². The van der Waals surface area contributed by atoms with Gasteiger partial charge in [-0.2, -0.15) is 0 Å². The Morgan fingerprint density at radius 1 is 0.600 bits per heavy atom. The molecule has 7 atom stereocenters. The second kappa shape index (κ2) is 37.0. The Hall–Kier alpha value is -1.33. The standard InChI is InChI=1S/C46H87NO8/c1-3-5-7-9-11-13-14-15-16-17-18-19-20-21-22-23-24-25-26-28-29-31-33-35-40(49)39(38-54-46-45(53)44(52)43(51)41(37-48)55-46)47-42(50)36-34-32-30-27-12-10-8-6-4-2/h26,28,33,35,39-41,43-46,48-49,51-53H,3-25,27,29-32,34,36-38H2,1-2H3,(H,47,50)/b28-26+,35-33+. The van der Waals surface area contributed by atoms with Gasteiger partial charge in [0, 0.05) is 6.42 Å². The first-order valence-corrected chi connectivity index (χ1v) is 23.1. The summed E-state index contributed by atoms with van der Waals surface area (Å²) in [5.41, 5.74) is 0. The van der Waals surface area contributed by atoms with Gasteiger partial charge in [-0.1, -0.05) is 192 Å². The summed E-state index contributed by atoms with van der Waals surface area (Å²) in [7, 11) is 0. The topological polar surface area (TPSA) is 149 Å². The van der Waals surface area contributed by atoms with E-state index in [1.807, 2.05) is 6.08 Å². The lowest BCUT2D eigenvalue weighted by Crippen LogP contribution is -2.60. The zero-order chi connectivity index (χ0) is 40.2. The Labute approximate surface area is 337 Å². The highest BCUT2D eigenvalue weighted by Crippen LogP contribution is 2.22.